The Hall–Kier alpha value is -1.52. The summed E-state index contributed by atoms with van der Waals surface area (Å²) in [6, 6.07) is -0.775. The van der Waals surface area contributed by atoms with Gasteiger partial charge in [-0.3, -0.25) is 0 Å². The molecule has 0 aliphatic heterocycles. The molecular formula is C24H45NO4. The van der Waals surface area contributed by atoms with E-state index in [1.807, 2.05) is 13.0 Å². The van der Waals surface area contributed by atoms with Gasteiger partial charge in [-0.2, -0.15) is 0 Å². The zero-order valence-corrected chi connectivity index (χ0v) is 20.0. The van der Waals surface area contributed by atoms with Crippen LogP contribution in [0.5, 0.6) is 0 Å². The van der Waals surface area contributed by atoms with Crippen molar-refractivity contribution < 1.29 is 19.1 Å². The molecular weight excluding hydrogens is 366 g/mol. The van der Waals surface area contributed by atoms with E-state index in [9.17, 15) is 9.59 Å². The van der Waals surface area contributed by atoms with Crippen LogP contribution in [0.25, 0.3) is 0 Å². The fourth-order valence-electron chi connectivity index (χ4n) is 3.46. The number of rotatable bonds is 13. The lowest BCUT2D eigenvalue weighted by atomic mass is 9.85. The maximum absolute atomic E-state index is 12.6. The molecule has 1 amide bonds. The number of unbranched alkanes of at least 4 members (excludes halogenated alkanes) is 3. The summed E-state index contributed by atoms with van der Waals surface area (Å²) >= 11 is 0. The van der Waals surface area contributed by atoms with Crippen LogP contribution in [-0.4, -0.2) is 29.8 Å². The number of ether oxygens (including phenoxy) is 2. The first-order chi connectivity index (χ1) is 13.4. The molecule has 170 valence electrons. The zero-order valence-electron chi connectivity index (χ0n) is 20.0. The molecule has 0 aliphatic rings. The van der Waals surface area contributed by atoms with Crippen molar-refractivity contribution >= 4 is 12.1 Å². The molecule has 0 radical (unpaired) electrons. The number of carbonyl (C=O) groups is 2. The number of hydrogen-bond acceptors (Lipinski definition) is 4. The molecule has 5 nitrogen and oxygen atoms in total. The number of carbonyl (C=O) groups excluding carboxylic acids is 2. The maximum atomic E-state index is 12.6. The average molecular weight is 412 g/mol. The Morgan fingerprint density at radius 3 is 2.21 bits per heavy atom. The number of nitrogens with one attached hydrogen (secondary N) is 1. The van der Waals surface area contributed by atoms with Crippen LogP contribution in [0.15, 0.2) is 12.7 Å². The standard InChI is InChI=1S/C24H45NO4/c1-10-12-13-14-15-17(3)16-19(5)21(18(4)11-2)28-22(26)20(6)25-23(27)29-24(7,8)9/h11,17-21H,2,10,12-16H2,1,3-9H3,(H,25,27)/t17-,18-,19-,20-,21-/m0/s1. The third kappa shape index (κ3) is 12.6. The molecule has 1 N–H and O–H groups in total. The highest BCUT2D eigenvalue weighted by Gasteiger charge is 2.30. The van der Waals surface area contributed by atoms with Crippen LogP contribution in [0.1, 0.15) is 93.9 Å². The van der Waals surface area contributed by atoms with Gasteiger partial charge in [-0.25, -0.2) is 9.59 Å². The van der Waals surface area contributed by atoms with E-state index in [0.717, 1.165) is 6.42 Å². The summed E-state index contributed by atoms with van der Waals surface area (Å²) in [4.78, 5) is 24.5. The number of esters is 1. The van der Waals surface area contributed by atoms with Crippen LogP contribution in [0.3, 0.4) is 0 Å². The molecule has 5 atom stereocenters. The molecule has 0 spiro atoms. The Labute approximate surface area is 179 Å². The Balaban J connectivity index is 4.78. The molecule has 0 aliphatic carbocycles. The lowest BCUT2D eigenvalue weighted by molar-refractivity contribution is -0.156. The number of amides is 1. The van der Waals surface area contributed by atoms with Crippen LogP contribution in [0.4, 0.5) is 4.79 Å². The normalized spacial score (nSPS) is 16.8. The summed E-state index contributed by atoms with van der Waals surface area (Å²) in [7, 11) is 0. The van der Waals surface area contributed by atoms with Gasteiger partial charge in [0.05, 0.1) is 0 Å². The van der Waals surface area contributed by atoms with Crippen molar-refractivity contribution in [3.05, 3.63) is 12.7 Å². The third-order valence-corrected chi connectivity index (χ3v) is 5.11. The fraction of sp³-hybridized carbons (Fsp3) is 0.833. The molecule has 5 heteroatoms. The monoisotopic (exact) mass is 411 g/mol. The lowest BCUT2D eigenvalue weighted by Gasteiger charge is -2.31. The van der Waals surface area contributed by atoms with E-state index in [2.05, 4.69) is 32.7 Å². The second-order valence-electron chi connectivity index (χ2n) is 9.53. The van der Waals surface area contributed by atoms with E-state index in [4.69, 9.17) is 9.47 Å². The average Bonchev–Trinajstić information content (AvgIpc) is 2.60. The van der Waals surface area contributed by atoms with E-state index in [1.54, 1.807) is 27.7 Å². The molecule has 0 heterocycles. The second kappa shape index (κ2) is 13.7. The first-order valence-corrected chi connectivity index (χ1v) is 11.2. The van der Waals surface area contributed by atoms with Gasteiger partial charge in [0, 0.05) is 5.92 Å². The molecule has 0 aromatic carbocycles. The Bertz CT molecular complexity index is 498. The SMILES string of the molecule is C=C[C@H](C)[C@H](OC(=O)[C@H](C)NC(=O)OC(C)(C)C)[C@@H](C)C[C@@H](C)CCCCCC. The third-order valence-electron chi connectivity index (χ3n) is 5.11. The minimum atomic E-state index is -0.775. The molecule has 0 bridgehead atoms. The smallest absolute Gasteiger partial charge is 0.408 e. The molecule has 0 rings (SSSR count). The van der Waals surface area contributed by atoms with Crippen molar-refractivity contribution in [2.75, 3.05) is 0 Å². The summed E-state index contributed by atoms with van der Waals surface area (Å²) in [5, 5.41) is 2.56. The van der Waals surface area contributed by atoms with E-state index in [0.29, 0.717) is 5.92 Å². The molecule has 0 fully saturated rings. The number of alkyl carbamates (subject to hydrolysis) is 1. The predicted molar refractivity (Wildman–Crippen MR) is 120 cm³/mol. The van der Waals surface area contributed by atoms with Gasteiger partial charge in [0.15, 0.2) is 0 Å². The Morgan fingerprint density at radius 2 is 1.69 bits per heavy atom. The molecule has 29 heavy (non-hydrogen) atoms. The van der Waals surface area contributed by atoms with Crippen molar-refractivity contribution in [2.24, 2.45) is 17.8 Å². The largest absolute Gasteiger partial charge is 0.460 e. The van der Waals surface area contributed by atoms with Crippen LogP contribution in [-0.2, 0) is 14.3 Å². The summed E-state index contributed by atoms with van der Waals surface area (Å²) in [6.07, 6.45) is 8.20. The quantitative estimate of drug-likeness (QED) is 0.220. The van der Waals surface area contributed by atoms with Crippen molar-refractivity contribution in [1.29, 1.82) is 0 Å². The summed E-state index contributed by atoms with van der Waals surface area (Å²) in [5.74, 6) is 0.381. The minimum Gasteiger partial charge on any atom is -0.460 e. The van der Waals surface area contributed by atoms with Gasteiger partial charge in [0.25, 0.3) is 0 Å². The van der Waals surface area contributed by atoms with Crippen LogP contribution in [0, 0.1) is 17.8 Å². The highest BCUT2D eigenvalue weighted by atomic mass is 16.6. The Morgan fingerprint density at radius 1 is 1.07 bits per heavy atom. The van der Waals surface area contributed by atoms with Gasteiger partial charge in [-0.15, -0.1) is 6.58 Å². The lowest BCUT2D eigenvalue weighted by Crippen LogP contribution is -2.44. The van der Waals surface area contributed by atoms with E-state index in [-0.39, 0.29) is 17.9 Å². The van der Waals surface area contributed by atoms with Crippen molar-refractivity contribution in [1.82, 2.24) is 5.32 Å². The first-order valence-electron chi connectivity index (χ1n) is 11.2. The summed E-state index contributed by atoms with van der Waals surface area (Å²) < 4.78 is 11.0. The van der Waals surface area contributed by atoms with Crippen LogP contribution < -0.4 is 5.32 Å². The van der Waals surface area contributed by atoms with Gasteiger partial charge in [0.2, 0.25) is 0 Å². The molecule has 0 saturated carbocycles. The maximum Gasteiger partial charge on any atom is 0.408 e. The highest BCUT2D eigenvalue weighted by molar-refractivity contribution is 5.81. The van der Waals surface area contributed by atoms with Crippen molar-refractivity contribution in [3.63, 3.8) is 0 Å². The highest BCUT2D eigenvalue weighted by Crippen LogP contribution is 2.27. The molecule has 0 aromatic heterocycles. The zero-order chi connectivity index (χ0) is 22.6. The topological polar surface area (TPSA) is 64.6 Å². The molecule has 0 saturated heterocycles. The van der Waals surface area contributed by atoms with Crippen molar-refractivity contribution in [3.8, 4) is 0 Å². The molecule has 0 unspecified atom stereocenters. The summed E-state index contributed by atoms with van der Waals surface area (Å²) in [6.45, 7) is 19.5. The fourth-order valence-corrected chi connectivity index (χ4v) is 3.46. The predicted octanol–water partition coefficient (Wildman–Crippen LogP) is 6.27. The Kier molecular flexibility index (Phi) is 12.9. The molecule has 0 aromatic rings. The summed E-state index contributed by atoms with van der Waals surface area (Å²) in [5.41, 5.74) is -0.616. The van der Waals surface area contributed by atoms with Crippen molar-refractivity contribution in [2.45, 2.75) is 112 Å². The minimum absolute atomic E-state index is 0.0370. The van der Waals surface area contributed by atoms with E-state index in [1.165, 1.54) is 32.1 Å². The van der Waals surface area contributed by atoms with Gasteiger partial charge >= 0.3 is 12.1 Å². The van der Waals surface area contributed by atoms with E-state index < -0.39 is 23.7 Å². The van der Waals surface area contributed by atoms with Gasteiger partial charge < -0.3 is 14.8 Å². The van der Waals surface area contributed by atoms with Gasteiger partial charge in [-0.1, -0.05) is 65.9 Å². The first kappa shape index (κ1) is 27.5. The van der Waals surface area contributed by atoms with Gasteiger partial charge in [-0.05, 0) is 46.0 Å². The van der Waals surface area contributed by atoms with Crippen LogP contribution >= 0.6 is 0 Å². The number of hydrogen-bond donors (Lipinski definition) is 1. The van der Waals surface area contributed by atoms with E-state index >= 15 is 0 Å². The second-order valence-corrected chi connectivity index (χ2v) is 9.53. The van der Waals surface area contributed by atoms with Gasteiger partial charge in [0.1, 0.15) is 17.7 Å². The van der Waals surface area contributed by atoms with Crippen LogP contribution in [0.2, 0.25) is 0 Å².